The lowest BCUT2D eigenvalue weighted by atomic mass is 10.1. The topological polar surface area (TPSA) is 118 Å². The van der Waals surface area contributed by atoms with Crippen LogP contribution in [0.15, 0.2) is 24.3 Å². The van der Waals surface area contributed by atoms with E-state index in [0.29, 0.717) is 11.3 Å². The van der Waals surface area contributed by atoms with Crippen LogP contribution in [0.1, 0.15) is 34.3 Å². The number of thiazole rings is 1. The number of imide groups is 1. The van der Waals surface area contributed by atoms with Gasteiger partial charge in [-0.15, -0.1) is 0 Å². The van der Waals surface area contributed by atoms with Gasteiger partial charge in [-0.2, -0.15) is 0 Å². The van der Waals surface area contributed by atoms with Crippen molar-refractivity contribution in [3.8, 4) is 0 Å². The molecular weight excluding hydrogens is 415 g/mol. The highest BCUT2D eigenvalue weighted by atomic mass is 32.1. The molecule has 1 fully saturated rings. The first-order valence-corrected chi connectivity index (χ1v) is 9.90. The monoisotopic (exact) mass is 434 g/mol. The van der Waals surface area contributed by atoms with E-state index in [4.69, 9.17) is 4.74 Å². The molecule has 1 aromatic heterocycles. The number of urea groups is 1. The maximum atomic E-state index is 13.3. The smallest absolute Gasteiger partial charge is 0.350 e. The van der Waals surface area contributed by atoms with E-state index >= 15 is 0 Å². The number of hydrogen-bond donors (Lipinski definition) is 2. The Morgan fingerprint density at radius 1 is 1.37 bits per heavy atom. The molecule has 2 N–H and O–H groups in total. The number of nitrogens with zero attached hydrogens (tertiary/aromatic N) is 2. The fraction of sp³-hybridized carbons (Fsp3) is 0.316. The summed E-state index contributed by atoms with van der Waals surface area (Å²) in [5.74, 6) is -2.14. The Hall–Kier alpha value is -3.34. The van der Waals surface area contributed by atoms with Crippen molar-refractivity contribution in [2.75, 3.05) is 11.9 Å². The summed E-state index contributed by atoms with van der Waals surface area (Å²) in [6, 6.07) is 3.86. The lowest BCUT2D eigenvalue weighted by Gasteiger charge is -2.13. The van der Waals surface area contributed by atoms with Gasteiger partial charge in [0, 0.05) is 0 Å². The predicted molar refractivity (Wildman–Crippen MR) is 105 cm³/mol. The third-order valence-corrected chi connectivity index (χ3v) is 5.28. The molecule has 1 atom stereocenters. The van der Waals surface area contributed by atoms with Crippen molar-refractivity contribution in [1.82, 2.24) is 15.2 Å². The normalized spacial score (nSPS) is 15.8. The first kappa shape index (κ1) is 21.4. The molecule has 0 aliphatic carbocycles. The molecule has 11 heteroatoms. The van der Waals surface area contributed by atoms with Gasteiger partial charge in [0.15, 0.2) is 5.13 Å². The Balaban J connectivity index is 1.60. The minimum atomic E-state index is -1.04. The number of amides is 4. The number of aromatic nitrogens is 1. The average Bonchev–Trinajstić information content (AvgIpc) is 3.16. The number of rotatable bonds is 7. The summed E-state index contributed by atoms with van der Waals surface area (Å²) in [4.78, 5) is 54.1. The van der Waals surface area contributed by atoms with Crippen molar-refractivity contribution in [2.45, 2.75) is 32.9 Å². The molecule has 2 aromatic rings. The maximum Gasteiger partial charge on any atom is 0.350 e. The third kappa shape index (κ3) is 4.79. The summed E-state index contributed by atoms with van der Waals surface area (Å²) < 4.78 is 18.2. The summed E-state index contributed by atoms with van der Waals surface area (Å²) in [7, 11) is 0. The van der Waals surface area contributed by atoms with Gasteiger partial charge in [0.25, 0.3) is 5.91 Å². The standard InChI is InChI=1S/C19H19FN4O5S/c1-3-29-17(27)15-10(2)21-18(30-15)23-14(25)8-13-16(26)24(19(28)22-13)9-11-5-4-6-12(20)7-11/h4-7,13H,3,8-9H2,1-2H3,(H,22,28)(H,21,23,25)/t13-/m1/s1. The van der Waals surface area contributed by atoms with Crippen LogP contribution in [0.4, 0.5) is 14.3 Å². The van der Waals surface area contributed by atoms with E-state index in [9.17, 15) is 23.6 Å². The molecular formula is C19H19FN4O5S. The Bertz CT molecular complexity index is 1010. The molecule has 2 heterocycles. The van der Waals surface area contributed by atoms with Crippen LogP contribution in [0, 0.1) is 12.7 Å². The van der Waals surface area contributed by atoms with Crippen LogP contribution < -0.4 is 10.6 Å². The van der Waals surface area contributed by atoms with E-state index in [1.165, 1.54) is 18.2 Å². The molecule has 1 aromatic carbocycles. The zero-order chi connectivity index (χ0) is 21.8. The quantitative estimate of drug-likeness (QED) is 0.510. The van der Waals surface area contributed by atoms with E-state index < -0.39 is 35.7 Å². The van der Waals surface area contributed by atoms with Gasteiger partial charge in [0.2, 0.25) is 5.91 Å². The van der Waals surface area contributed by atoms with Gasteiger partial charge >= 0.3 is 12.0 Å². The van der Waals surface area contributed by atoms with Crippen molar-refractivity contribution in [2.24, 2.45) is 0 Å². The van der Waals surface area contributed by atoms with Crippen LogP contribution in [0.2, 0.25) is 0 Å². The van der Waals surface area contributed by atoms with E-state index in [-0.39, 0.29) is 29.6 Å². The number of esters is 1. The van der Waals surface area contributed by atoms with Crippen LogP contribution >= 0.6 is 11.3 Å². The molecule has 9 nitrogen and oxygen atoms in total. The molecule has 158 valence electrons. The van der Waals surface area contributed by atoms with Gasteiger partial charge in [0.1, 0.15) is 16.7 Å². The molecule has 0 unspecified atom stereocenters. The average molecular weight is 434 g/mol. The Morgan fingerprint density at radius 2 is 2.13 bits per heavy atom. The molecule has 1 aliphatic heterocycles. The summed E-state index contributed by atoms with van der Waals surface area (Å²) >= 11 is 0.963. The second-order valence-electron chi connectivity index (χ2n) is 6.46. The number of carbonyl (C=O) groups is 4. The summed E-state index contributed by atoms with van der Waals surface area (Å²) in [6.45, 7) is 3.41. The van der Waals surface area contributed by atoms with Crippen molar-refractivity contribution in [3.63, 3.8) is 0 Å². The largest absolute Gasteiger partial charge is 0.462 e. The number of hydrogen-bond acceptors (Lipinski definition) is 7. The minimum absolute atomic E-state index is 0.102. The first-order chi connectivity index (χ1) is 14.3. The highest BCUT2D eigenvalue weighted by Gasteiger charge is 2.39. The number of benzene rings is 1. The fourth-order valence-corrected chi connectivity index (χ4v) is 3.75. The van der Waals surface area contributed by atoms with Crippen LogP contribution in [0.3, 0.4) is 0 Å². The molecule has 30 heavy (non-hydrogen) atoms. The Kier molecular flexibility index (Phi) is 6.40. The lowest BCUT2D eigenvalue weighted by Crippen LogP contribution is -2.34. The fourth-order valence-electron chi connectivity index (χ4n) is 2.87. The van der Waals surface area contributed by atoms with Gasteiger partial charge in [-0.3, -0.25) is 14.5 Å². The number of aryl methyl sites for hydroxylation is 1. The summed E-state index contributed by atoms with van der Waals surface area (Å²) in [5, 5.41) is 5.16. The van der Waals surface area contributed by atoms with E-state index in [1.54, 1.807) is 19.9 Å². The van der Waals surface area contributed by atoms with Crippen molar-refractivity contribution >= 4 is 40.3 Å². The van der Waals surface area contributed by atoms with Crippen molar-refractivity contribution < 1.29 is 28.3 Å². The Labute approximate surface area is 175 Å². The van der Waals surface area contributed by atoms with Crippen molar-refractivity contribution in [3.05, 3.63) is 46.2 Å². The zero-order valence-electron chi connectivity index (χ0n) is 16.2. The number of ether oxygens (including phenoxy) is 1. The van der Waals surface area contributed by atoms with E-state index in [1.807, 2.05) is 0 Å². The summed E-state index contributed by atoms with van der Waals surface area (Å²) in [6.07, 6.45) is -0.308. The number of anilines is 1. The van der Waals surface area contributed by atoms with Crippen LogP contribution in [0.5, 0.6) is 0 Å². The molecule has 3 rings (SSSR count). The zero-order valence-corrected chi connectivity index (χ0v) is 17.0. The maximum absolute atomic E-state index is 13.3. The molecule has 1 saturated heterocycles. The molecule has 0 bridgehead atoms. The highest BCUT2D eigenvalue weighted by molar-refractivity contribution is 7.17. The number of nitrogens with one attached hydrogen (secondary N) is 2. The number of carbonyl (C=O) groups excluding carboxylic acids is 4. The van der Waals surface area contributed by atoms with Gasteiger partial charge < -0.3 is 15.4 Å². The minimum Gasteiger partial charge on any atom is -0.462 e. The van der Waals surface area contributed by atoms with Gasteiger partial charge in [-0.25, -0.2) is 19.0 Å². The highest BCUT2D eigenvalue weighted by Crippen LogP contribution is 2.24. The van der Waals surface area contributed by atoms with Gasteiger partial charge in [-0.05, 0) is 31.5 Å². The van der Waals surface area contributed by atoms with E-state index in [0.717, 1.165) is 16.2 Å². The predicted octanol–water partition coefficient (Wildman–Crippen LogP) is 2.22. The Morgan fingerprint density at radius 3 is 2.83 bits per heavy atom. The van der Waals surface area contributed by atoms with Crippen LogP contribution in [0.25, 0.3) is 0 Å². The summed E-state index contributed by atoms with van der Waals surface area (Å²) in [5.41, 5.74) is 0.869. The third-order valence-electron chi connectivity index (χ3n) is 4.23. The second kappa shape index (κ2) is 8.99. The lowest BCUT2D eigenvalue weighted by molar-refractivity contribution is -0.130. The second-order valence-corrected chi connectivity index (χ2v) is 7.46. The molecule has 0 radical (unpaired) electrons. The van der Waals surface area contributed by atoms with Crippen molar-refractivity contribution in [1.29, 1.82) is 0 Å². The molecule has 0 saturated carbocycles. The number of halogens is 1. The van der Waals surface area contributed by atoms with Crippen LogP contribution in [-0.4, -0.2) is 46.3 Å². The van der Waals surface area contributed by atoms with Gasteiger partial charge in [-0.1, -0.05) is 23.5 Å². The first-order valence-electron chi connectivity index (χ1n) is 9.09. The SMILES string of the molecule is CCOC(=O)c1sc(NC(=O)C[C@H]2NC(=O)N(Cc3cccc(F)c3)C2=O)nc1C. The molecule has 4 amide bonds. The van der Waals surface area contributed by atoms with Crippen LogP contribution in [-0.2, 0) is 20.9 Å². The van der Waals surface area contributed by atoms with E-state index in [2.05, 4.69) is 15.6 Å². The molecule has 0 spiro atoms. The van der Waals surface area contributed by atoms with Gasteiger partial charge in [0.05, 0.1) is 25.3 Å². The molecule has 1 aliphatic rings.